The number of pyridine rings is 2. The van der Waals surface area contributed by atoms with E-state index < -0.39 is 22.5 Å². The molecule has 0 unspecified atom stereocenters. The average Bonchev–Trinajstić information content (AvgIpc) is 3.45. The third-order valence-corrected chi connectivity index (χ3v) is 8.07. The van der Waals surface area contributed by atoms with Crippen LogP contribution in [0.25, 0.3) is 0 Å². The van der Waals surface area contributed by atoms with Crippen LogP contribution in [0, 0.1) is 0 Å². The summed E-state index contributed by atoms with van der Waals surface area (Å²) in [4.78, 5) is 48.1. The zero-order valence-corrected chi connectivity index (χ0v) is 21.7. The Morgan fingerprint density at radius 1 is 1.11 bits per heavy atom. The minimum atomic E-state index is -3.88. The predicted octanol–water partition coefficient (Wildman–Crippen LogP) is 5.20. The molecule has 0 radical (unpaired) electrons. The quantitative estimate of drug-likeness (QED) is 0.401. The topological polar surface area (TPSA) is 98.4 Å². The summed E-state index contributed by atoms with van der Waals surface area (Å²) in [7, 11) is 0. The molecule has 4 heterocycles. The Morgan fingerprint density at radius 2 is 1.84 bits per heavy atom. The molecule has 3 amide bonds. The molecule has 1 fully saturated rings. The number of hydrogen-bond donors (Lipinski definition) is 2. The van der Waals surface area contributed by atoms with Crippen molar-refractivity contribution in [2.45, 2.75) is 28.3 Å². The van der Waals surface area contributed by atoms with E-state index in [0.29, 0.717) is 24.6 Å². The van der Waals surface area contributed by atoms with E-state index in [9.17, 15) is 23.2 Å². The fourth-order valence-corrected chi connectivity index (χ4v) is 5.79. The lowest BCUT2D eigenvalue weighted by atomic mass is 10.2. The summed E-state index contributed by atoms with van der Waals surface area (Å²) >= 11 is 18.5. The molecule has 1 aromatic carbocycles. The van der Waals surface area contributed by atoms with Crippen molar-refractivity contribution in [3.8, 4) is 0 Å². The highest BCUT2D eigenvalue weighted by Crippen LogP contribution is 2.41. The number of amides is 3. The average molecular weight is 587 g/mol. The van der Waals surface area contributed by atoms with Crippen LogP contribution in [0.5, 0.6) is 0 Å². The van der Waals surface area contributed by atoms with Crippen LogP contribution in [0.2, 0.25) is 10.0 Å². The number of fused-ring (bicyclic) bond motifs is 1. The summed E-state index contributed by atoms with van der Waals surface area (Å²) in [5.74, 6) is -0.256. The van der Waals surface area contributed by atoms with Gasteiger partial charge in [-0.2, -0.15) is 8.78 Å². The number of carbonyl (C=O) groups is 2. The van der Waals surface area contributed by atoms with Crippen LogP contribution in [0.4, 0.5) is 19.4 Å². The molecular weight excluding hydrogens is 571 g/mol. The fourth-order valence-electron chi connectivity index (χ4n) is 4.05. The summed E-state index contributed by atoms with van der Waals surface area (Å²) < 4.78 is 27.8. The van der Waals surface area contributed by atoms with Crippen molar-refractivity contribution in [2.24, 2.45) is 0 Å². The SMILES string of the molecule is O=C(c1c(Sc2c(Cl)cccc2Cl)cc(C(F)(F)Cl)[nH]c1=O)N1Cc2ccc(N3CCNC3=O)nc2C1. The highest BCUT2D eigenvalue weighted by atomic mass is 35.5. The van der Waals surface area contributed by atoms with Crippen LogP contribution in [-0.4, -0.2) is 39.9 Å². The second kappa shape index (κ2) is 9.79. The molecule has 1 saturated heterocycles. The third-order valence-electron chi connectivity index (χ3n) is 5.82. The maximum absolute atomic E-state index is 13.9. The highest BCUT2D eigenvalue weighted by molar-refractivity contribution is 7.99. The number of aromatic amines is 1. The number of nitrogens with one attached hydrogen (secondary N) is 2. The van der Waals surface area contributed by atoms with Crippen molar-refractivity contribution in [3.63, 3.8) is 0 Å². The molecule has 14 heteroatoms. The number of anilines is 1. The number of carbonyl (C=O) groups excluding carboxylic acids is 2. The number of nitrogens with zero attached hydrogens (tertiary/aromatic N) is 3. The van der Waals surface area contributed by atoms with Gasteiger partial charge in [-0.1, -0.05) is 47.1 Å². The van der Waals surface area contributed by atoms with Gasteiger partial charge in [-0.25, -0.2) is 9.78 Å². The number of H-pyrrole nitrogens is 1. The van der Waals surface area contributed by atoms with Crippen LogP contribution in [0.3, 0.4) is 0 Å². The van der Waals surface area contributed by atoms with Gasteiger partial charge in [0.1, 0.15) is 17.1 Å². The molecule has 0 atom stereocenters. The van der Waals surface area contributed by atoms with Gasteiger partial charge in [-0.3, -0.25) is 14.5 Å². The van der Waals surface area contributed by atoms with Gasteiger partial charge in [-0.15, -0.1) is 0 Å². The molecule has 2 N–H and O–H groups in total. The van der Waals surface area contributed by atoms with Crippen LogP contribution >= 0.6 is 46.6 Å². The molecule has 2 aliphatic heterocycles. The first-order chi connectivity index (χ1) is 17.5. The van der Waals surface area contributed by atoms with E-state index in [1.807, 2.05) is 4.98 Å². The van der Waals surface area contributed by atoms with Gasteiger partial charge < -0.3 is 15.2 Å². The van der Waals surface area contributed by atoms with E-state index in [1.165, 1.54) is 9.80 Å². The van der Waals surface area contributed by atoms with Gasteiger partial charge in [-0.05, 0) is 41.4 Å². The molecule has 0 aliphatic carbocycles. The first kappa shape index (κ1) is 25.8. The second-order valence-electron chi connectivity index (χ2n) is 8.22. The highest BCUT2D eigenvalue weighted by Gasteiger charge is 2.35. The van der Waals surface area contributed by atoms with E-state index in [1.54, 1.807) is 30.3 Å². The fraction of sp³-hybridized carbons (Fsp3) is 0.217. The first-order valence-corrected chi connectivity index (χ1v) is 12.8. The molecular formula is C23H16Cl3F2N5O3S. The number of halogens is 5. The number of urea groups is 1. The number of rotatable bonds is 5. The minimum Gasteiger partial charge on any atom is -0.336 e. The largest absolute Gasteiger partial charge is 0.362 e. The number of hydrogen-bond acceptors (Lipinski definition) is 5. The Bertz CT molecular complexity index is 1480. The molecule has 192 valence electrons. The Kier molecular flexibility index (Phi) is 6.82. The number of benzene rings is 1. The van der Waals surface area contributed by atoms with Gasteiger partial charge in [0.05, 0.1) is 22.3 Å². The lowest BCUT2D eigenvalue weighted by Crippen LogP contribution is -2.33. The van der Waals surface area contributed by atoms with Crippen LogP contribution in [-0.2, 0) is 18.5 Å². The van der Waals surface area contributed by atoms with Gasteiger partial charge in [0.2, 0.25) is 0 Å². The van der Waals surface area contributed by atoms with Gasteiger partial charge in [0, 0.05) is 29.4 Å². The monoisotopic (exact) mass is 585 g/mol. The smallest absolute Gasteiger partial charge is 0.336 e. The molecule has 5 rings (SSSR count). The van der Waals surface area contributed by atoms with Gasteiger partial charge in [0.15, 0.2) is 0 Å². The molecule has 0 bridgehead atoms. The Morgan fingerprint density at radius 3 is 2.49 bits per heavy atom. The zero-order valence-electron chi connectivity index (χ0n) is 18.7. The van der Waals surface area contributed by atoms with E-state index in [2.05, 4.69) is 10.3 Å². The Hall–Kier alpha value is -2.86. The number of alkyl halides is 3. The van der Waals surface area contributed by atoms with Crippen molar-refractivity contribution in [3.05, 3.63) is 79.3 Å². The lowest BCUT2D eigenvalue weighted by molar-refractivity contribution is 0.0739. The van der Waals surface area contributed by atoms with E-state index >= 15 is 0 Å². The van der Waals surface area contributed by atoms with Crippen molar-refractivity contribution in [1.29, 1.82) is 0 Å². The molecule has 2 aliphatic rings. The van der Waals surface area contributed by atoms with Crippen molar-refractivity contribution in [2.75, 3.05) is 18.0 Å². The summed E-state index contributed by atoms with van der Waals surface area (Å²) in [5.41, 5.74) is -0.972. The molecule has 2 aromatic heterocycles. The predicted molar refractivity (Wildman–Crippen MR) is 136 cm³/mol. The third kappa shape index (κ3) is 5.00. The van der Waals surface area contributed by atoms with Crippen LogP contribution in [0.1, 0.15) is 27.3 Å². The summed E-state index contributed by atoms with van der Waals surface area (Å²) in [5, 5.41) is -0.754. The Labute approximate surface area is 227 Å². The molecule has 0 spiro atoms. The van der Waals surface area contributed by atoms with Crippen molar-refractivity contribution < 1.29 is 18.4 Å². The molecule has 3 aromatic rings. The minimum absolute atomic E-state index is 0.0568. The van der Waals surface area contributed by atoms with Gasteiger partial charge >= 0.3 is 11.4 Å². The molecule has 0 saturated carbocycles. The standard InChI is InChI=1S/C23H16Cl3F2N5O3S/c24-12-2-1-3-13(25)19(12)37-15-8-16(23(26,27)28)31-20(34)18(15)21(35)32-9-11-4-5-17(30-14(11)10-32)33-7-6-29-22(33)36/h1-5,8H,6-7,9-10H2,(H,29,36)(H,31,34). The zero-order chi connectivity index (χ0) is 26.5. The van der Waals surface area contributed by atoms with E-state index in [4.69, 9.17) is 34.8 Å². The second-order valence-corrected chi connectivity index (χ2v) is 10.6. The van der Waals surface area contributed by atoms with Crippen LogP contribution < -0.4 is 15.8 Å². The molecule has 8 nitrogen and oxygen atoms in total. The van der Waals surface area contributed by atoms with Crippen LogP contribution in [0.15, 0.2) is 51.0 Å². The van der Waals surface area contributed by atoms with E-state index in [-0.39, 0.29) is 44.5 Å². The molecule has 37 heavy (non-hydrogen) atoms. The summed E-state index contributed by atoms with van der Waals surface area (Å²) in [6.07, 6.45) is 0. The first-order valence-electron chi connectivity index (χ1n) is 10.8. The number of aromatic nitrogens is 2. The summed E-state index contributed by atoms with van der Waals surface area (Å²) in [6.45, 7) is 1.16. The van der Waals surface area contributed by atoms with Gasteiger partial charge in [0.25, 0.3) is 11.5 Å². The lowest BCUT2D eigenvalue weighted by Gasteiger charge is -2.19. The van der Waals surface area contributed by atoms with E-state index in [0.717, 1.165) is 23.4 Å². The normalized spacial score (nSPS) is 15.2. The maximum atomic E-state index is 13.9. The maximum Gasteiger partial charge on any atom is 0.362 e. The Balaban J connectivity index is 1.50. The van der Waals surface area contributed by atoms with Crippen molar-refractivity contribution in [1.82, 2.24) is 20.2 Å². The summed E-state index contributed by atoms with van der Waals surface area (Å²) in [6, 6.07) is 8.81. The van der Waals surface area contributed by atoms with Crippen molar-refractivity contribution >= 4 is 64.3 Å².